The van der Waals surface area contributed by atoms with E-state index in [0.717, 1.165) is 24.3 Å². The van der Waals surface area contributed by atoms with Crippen molar-refractivity contribution in [3.8, 4) is 5.88 Å². The van der Waals surface area contributed by atoms with Gasteiger partial charge in [-0.2, -0.15) is 4.98 Å². The van der Waals surface area contributed by atoms with Gasteiger partial charge in [0.15, 0.2) is 0 Å². The molecule has 2 aromatic rings. The van der Waals surface area contributed by atoms with Crippen LogP contribution in [0.3, 0.4) is 0 Å². The summed E-state index contributed by atoms with van der Waals surface area (Å²) in [5, 5.41) is 3.25. The summed E-state index contributed by atoms with van der Waals surface area (Å²) >= 11 is 0. The van der Waals surface area contributed by atoms with Gasteiger partial charge in [-0.3, -0.25) is 0 Å². The van der Waals surface area contributed by atoms with Crippen LogP contribution in [0.2, 0.25) is 0 Å². The highest BCUT2D eigenvalue weighted by atomic mass is 16.5. The number of aromatic nitrogens is 1. The zero-order valence-electron chi connectivity index (χ0n) is 12.0. The molecule has 0 unspecified atom stereocenters. The van der Waals surface area contributed by atoms with Crippen molar-refractivity contribution in [1.29, 1.82) is 0 Å². The van der Waals surface area contributed by atoms with Crippen molar-refractivity contribution in [2.24, 2.45) is 0 Å². The lowest BCUT2D eigenvalue weighted by Gasteiger charge is -2.10. The topological polar surface area (TPSA) is 60.2 Å². The van der Waals surface area contributed by atoms with Crippen LogP contribution in [-0.4, -0.2) is 11.6 Å². The van der Waals surface area contributed by atoms with Gasteiger partial charge in [-0.15, -0.1) is 0 Å². The Morgan fingerprint density at radius 3 is 2.50 bits per heavy atom. The molecule has 0 fully saturated rings. The third-order valence-corrected chi connectivity index (χ3v) is 2.97. The first-order valence-electron chi connectivity index (χ1n) is 6.98. The lowest BCUT2D eigenvalue weighted by Crippen LogP contribution is -2.03. The van der Waals surface area contributed by atoms with Crippen LogP contribution in [0.25, 0.3) is 0 Å². The molecule has 1 aromatic heterocycles. The predicted octanol–water partition coefficient (Wildman–Crippen LogP) is 3.76. The second-order valence-electron chi connectivity index (χ2n) is 4.61. The molecule has 0 amide bonds. The van der Waals surface area contributed by atoms with E-state index < -0.39 is 0 Å². The van der Waals surface area contributed by atoms with Gasteiger partial charge in [0.2, 0.25) is 5.88 Å². The zero-order chi connectivity index (χ0) is 14.4. The third kappa shape index (κ3) is 3.63. The second kappa shape index (κ2) is 6.80. The summed E-state index contributed by atoms with van der Waals surface area (Å²) in [6, 6.07) is 12.0. The largest absolute Gasteiger partial charge is 0.476 e. The Morgan fingerprint density at radius 1 is 1.10 bits per heavy atom. The average Bonchev–Trinajstić information content (AvgIpc) is 2.48. The maximum atomic E-state index is 5.85. The van der Waals surface area contributed by atoms with Crippen LogP contribution in [-0.2, 0) is 6.42 Å². The predicted molar refractivity (Wildman–Crippen MR) is 83.5 cm³/mol. The number of nitrogens with two attached hydrogens (primary N) is 1. The molecule has 4 heteroatoms. The molecule has 0 atom stereocenters. The monoisotopic (exact) mass is 271 g/mol. The third-order valence-electron chi connectivity index (χ3n) is 2.97. The van der Waals surface area contributed by atoms with Crippen LogP contribution >= 0.6 is 0 Å². The molecule has 3 N–H and O–H groups in total. The SMILES string of the molecule is CCCOc1nc(Nc2ccc(CC)cc2)ccc1N. The maximum Gasteiger partial charge on any atom is 0.239 e. The van der Waals surface area contributed by atoms with Gasteiger partial charge in [0.25, 0.3) is 0 Å². The lowest BCUT2D eigenvalue weighted by atomic mass is 10.1. The molecule has 0 aliphatic rings. The molecule has 0 spiro atoms. The molecule has 0 radical (unpaired) electrons. The van der Waals surface area contributed by atoms with E-state index in [-0.39, 0.29) is 0 Å². The molecule has 0 aliphatic heterocycles. The maximum absolute atomic E-state index is 5.85. The Balaban J connectivity index is 2.11. The van der Waals surface area contributed by atoms with Gasteiger partial charge in [0.1, 0.15) is 5.82 Å². The fourth-order valence-electron chi connectivity index (χ4n) is 1.81. The number of nitrogen functional groups attached to an aromatic ring is 1. The first-order valence-corrected chi connectivity index (χ1v) is 6.98. The molecule has 0 saturated carbocycles. The fraction of sp³-hybridized carbons (Fsp3) is 0.312. The van der Waals surface area contributed by atoms with Crippen LogP contribution in [0.4, 0.5) is 17.2 Å². The quantitative estimate of drug-likeness (QED) is 0.839. The number of pyridine rings is 1. The molecule has 1 heterocycles. The van der Waals surface area contributed by atoms with Crippen molar-refractivity contribution in [3.63, 3.8) is 0 Å². The fourth-order valence-corrected chi connectivity index (χ4v) is 1.81. The van der Waals surface area contributed by atoms with Crippen molar-refractivity contribution in [2.45, 2.75) is 26.7 Å². The zero-order valence-corrected chi connectivity index (χ0v) is 12.0. The lowest BCUT2D eigenvalue weighted by molar-refractivity contribution is 0.307. The van der Waals surface area contributed by atoms with Crippen LogP contribution in [0, 0.1) is 0 Å². The van der Waals surface area contributed by atoms with Crippen molar-refractivity contribution in [1.82, 2.24) is 4.98 Å². The number of nitrogens with one attached hydrogen (secondary N) is 1. The van der Waals surface area contributed by atoms with E-state index in [4.69, 9.17) is 10.5 Å². The van der Waals surface area contributed by atoms with E-state index in [2.05, 4.69) is 29.4 Å². The van der Waals surface area contributed by atoms with Gasteiger partial charge in [0, 0.05) is 5.69 Å². The van der Waals surface area contributed by atoms with Crippen molar-refractivity contribution in [2.75, 3.05) is 17.7 Å². The molecule has 20 heavy (non-hydrogen) atoms. The molecular weight excluding hydrogens is 250 g/mol. The van der Waals surface area contributed by atoms with Gasteiger partial charge < -0.3 is 15.8 Å². The van der Waals surface area contributed by atoms with Crippen LogP contribution in [0.1, 0.15) is 25.8 Å². The Labute approximate surface area is 120 Å². The van der Waals surface area contributed by atoms with E-state index in [1.165, 1.54) is 5.56 Å². The Hall–Kier alpha value is -2.23. The number of anilines is 3. The summed E-state index contributed by atoms with van der Waals surface area (Å²) in [5.41, 5.74) is 8.72. The van der Waals surface area contributed by atoms with E-state index in [9.17, 15) is 0 Å². The Bertz CT molecular complexity index is 552. The highest BCUT2D eigenvalue weighted by Gasteiger charge is 2.04. The minimum atomic E-state index is 0.488. The van der Waals surface area contributed by atoms with E-state index in [1.54, 1.807) is 6.07 Å². The number of ether oxygens (including phenoxy) is 1. The van der Waals surface area contributed by atoms with Crippen molar-refractivity contribution in [3.05, 3.63) is 42.0 Å². The molecule has 0 aliphatic carbocycles. The summed E-state index contributed by atoms with van der Waals surface area (Å²) in [5.74, 6) is 1.22. The van der Waals surface area contributed by atoms with Crippen LogP contribution < -0.4 is 15.8 Å². The standard InChI is InChI=1S/C16H21N3O/c1-3-11-20-16-14(17)9-10-15(19-16)18-13-7-5-12(4-2)6-8-13/h5-10H,3-4,11,17H2,1-2H3,(H,18,19). The summed E-state index contributed by atoms with van der Waals surface area (Å²) in [6.07, 6.45) is 1.96. The second-order valence-corrected chi connectivity index (χ2v) is 4.61. The minimum absolute atomic E-state index is 0.488. The summed E-state index contributed by atoms with van der Waals surface area (Å²) in [7, 11) is 0. The molecule has 0 bridgehead atoms. The van der Waals surface area contributed by atoms with Gasteiger partial charge in [-0.1, -0.05) is 26.0 Å². The highest BCUT2D eigenvalue weighted by molar-refractivity contribution is 5.60. The first-order chi connectivity index (χ1) is 9.72. The van der Waals surface area contributed by atoms with E-state index in [1.807, 2.05) is 25.1 Å². The number of benzene rings is 1. The molecule has 2 rings (SSSR count). The molecule has 1 aromatic carbocycles. The van der Waals surface area contributed by atoms with E-state index in [0.29, 0.717) is 18.2 Å². The van der Waals surface area contributed by atoms with Crippen LogP contribution in [0.5, 0.6) is 5.88 Å². The van der Waals surface area contributed by atoms with Crippen LogP contribution in [0.15, 0.2) is 36.4 Å². The number of nitrogens with zero attached hydrogens (tertiary/aromatic N) is 1. The number of aryl methyl sites for hydroxylation is 1. The molecular formula is C16H21N3O. The van der Waals surface area contributed by atoms with Gasteiger partial charge in [0.05, 0.1) is 12.3 Å². The molecule has 0 saturated heterocycles. The first kappa shape index (κ1) is 14.2. The summed E-state index contributed by atoms with van der Waals surface area (Å²) < 4.78 is 5.52. The molecule has 4 nitrogen and oxygen atoms in total. The van der Waals surface area contributed by atoms with Crippen molar-refractivity contribution < 1.29 is 4.74 Å². The van der Waals surface area contributed by atoms with E-state index >= 15 is 0 Å². The summed E-state index contributed by atoms with van der Waals surface area (Å²) in [6.45, 7) is 4.81. The Kier molecular flexibility index (Phi) is 4.82. The normalized spacial score (nSPS) is 10.3. The smallest absolute Gasteiger partial charge is 0.239 e. The minimum Gasteiger partial charge on any atom is -0.476 e. The number of hydrogen-bond donors (Lipinski definition) is 2. The average molecular weight is 271 g/mol. The van der Waals surface area contributed by atoms with Gasteiger partial charge >= 0.3 is 0 Å². The van der Waals surface area contributed by atoms with Crippen molar-refractivity contribution >= 4 is 17.2 Å². The van der Waals surface area contributed by atoms with Gasteiger partial charge in [-0.25, -0.2) is 0 Å². The number of hydrogen-bond acceptors (Lipinski definition) is 4. The Morgan fingerprint density at radius 2 is 1.85 bits per heavy atom. The number of rotatable bonds is 6. The summed E-state index contributed by atoms with van der Waals surface area (Å²) in [4.78, 5) is 4.39. The highest BCUT2D eigenvalue weighted by Crippen LogP contribution is 2.23. The molecule has 106 valence electrons. The van der Waals surface area contributed by atoms with Gasteiger partial charge in [-0.05, 0) is 42.7 Å².